The van der Waals surface area contributed by atoms with Crippen molar-refractivity contribution < 1.29 is 19.0 Å². The van der Waals surface area contributed by atoms with Crippen LogP contribution in [0.3, 0.4) is 0 Å². The molecule has 90 valence electrons. The molecule has 5 heteroatoms. The summed E-state index contributed by atoms with van der Waals surface area (Å²) in [4.78, 5) is 13.1. The molecule has 5 nitrogen and oxygen atoms in total. The van der Waals surface area contributed by atoms with Crippen molar-refractivity contribution in [3.8, 4) is 0 Å². The number of hydrogen-bond donors (Lipinski definition) is 0. The summed E-state index contributed by atoms with van der Waals surface area (Å²) in [7, 11) is 4.72. The molecule has 0 aliphatic rings. The Balaban J connectivity index is 3.72. The maximum Gasteiger partial charge on any atom is 0.306 e. The average molecular weight is 219 g/mol. The fourth-order valence-electron chi connectivity index (χ4n) is 1.13. The molecule has 0 heterocycles. The maximum atomic E-state index is 11.0. The summed E-state index contributed by atoms with van der Waals surface area (Å²) >= 11 is 0. The van der Waals surface area contributed by atoms with E-state index in [0.29, 0.717) is 26.2 Å². The van der Waals surface area contributed by atoms with Gasteiger partial charge in [-0.2, -0.15) is 0 Å². The molecular weight excluding hydrogens is 198 g/mol. The zero-order valence-electron chi connectivity index (χ0n) is 9.82. The standard InChI is InChI=1S/C10H21NO4/c1-13-8-6-11(7-9-14-2)5-4-10(12)15-3/h4-9H2,1-3H3. The number of methoxy groups -OCH3 is 3. The molecule has 0 aromatic rings. The minimum Gasteiger partial charge on any atom is -0.469 e. The Morgan fingerprint density at radius 2 is 1.53 bits per heavy atom. The van der Waals surface area contributed by atoms with Crippen LogP contribution in [0.4, 0.5) is 0 Å². The molecule has 0 radical (unpaired) electrons. The van der Waals surface area contributed by atoms with Crippen LogP contribution in [-0.2, 0) is 19.0 Å². The molecule has 0 aromatic heterocycles. The predicted octanol–water partition coefficient (Wildman–Crippen LogP) is 0.144. The van der Waals surface area contributed by atoms with Gasteiger partial charge in [0.05, 0.1) is 26.7 Å². The van der Waals surface area contributed by atoms with Crippen LogP contribution < -0.4 is 0 Å². The van der Waals surface area contributed by atoms with Gasteiger partial charge in [-0.3, -0.25) is 9.69 Å². The van der Waals surface area contributed by atoms with Gasteiger partial charge in [-0.15, -0.1) is 0 Å². The number of rotatable bonds is 9. The Kier molecular flexibility index (Phi) is 9.46. The monoisotopic (exact) mass is 219 g/mol. The van der Waals surface area contributed by atoms with Crippen LogP contribution in [0.1, 0.15) is 6.42 Å². The first-order valence-electron chi connectivity index (χ1n) is 5.01. The van der Waals surface area contributed by atoms with E-state index in [0.717, 1.165) is 13.1 Å². The Morgan fingerprint density at radius 1 is 1.00 bits per heavy atom. The average Bonchev–Trinajstić information content (AvgIpc) is 2.27. The van der Waals surface area contributed by atoms with Crippen molar-refractivity contribution >= 4 is 5.97 Å². The molecule has 0 fully saturated rings. The lowest BCUT2D eigenvalue weighted by Gasteiger charge is -2.20. The third kappa shape index (κ3) is 8.35. The molecule has 0 aliphatic heterocycles. The summed E-state index contributed by atoms with van der Waals surface area (Å²) in [5, 5.41) is 0. The quantitative estimate of drug-likeness (QED) is 0.516. The second-order valence-electron chi connectivity index (χ2n) is 3.15. The van der Waals surface area contributed by atoms with E-state index in [1.54, 1.807) is 14.2 Å². The second kappa shape index (κ2) is 9.89. The summed E-state index contributed by atoms with van der Waals surface area (Å²) in [6, 6.07) is 0. The molecule has 0 N–H and O–H groups in total. The molecule has 0 saturated carbocycles. The van der Waals surface area contributed by atoms with E-state index in [1.807, 2.05) is 0 Å². The van der Waals surface area contributed by atoms with Crippen molar-refractivity contribution in [2.75, 3.05) is 54.2 Å². The van der Waals surface area contributed by atoms with Gasteiger partial charge in [0, 0.05) is 33.9 Å². The summed E-state index contributed by atoms with van der Waals surface area (Å²) in [6.07, 6.45) is 0.407. The van der Waals surface area contributed by atoms with Gasteiger partial charge in [-0.25, -0.2) is 0 Å². The summed E-state index contributed by atoms with van der Waals surface area (Å²) < 4.78 is 14.6. The first-order valence-corrected chi connectivity index (χ1v) is 5.01. The second-order valence-corrected chi connectivity index (χ2v) is 3.15. The number of nitrogens with zero attached hydrogens (tertiary/aromatic N) is 1. The molecule has 0 saturated heterocycles. The van der Waals surface area contributed by atoms with Gasteiger partial charge in [-0.05, 0) is 0 Å². The van der Waals surface area contributed by atoms with Gasteiger partial charge in [-0.1, -0.05) is 0 Å². The van der Waals surface area contributed by atoms with E-state index in [2.05, 4.69) is 9.64 Å². The van der Waals surface area contributed by atoms with E-state index >= 15 is 0 Å². The van der Waals surface area contributed by atoms with Gasteiger partial charge in [0.2, 0.25) is 0 Å². The van der Waals surface area contributed by atoms with E-state index in [9.17, 15) is 4.79 Å². The van der Waals surface area contributed by atoms with E-state index in [-0.39, 0.29) is 5.97 Å². The topological polar surface area (TPSA) is 48.0 Å². The lowest BCUT2D eigenvalue weighted by atomic mass is 10.3. The van der Waals surface area contributed by atoms with Gasteiger partial charge in [0.15, 0.2) is 0 Å². The fraction of sp³-hybridized carbons (Fsp3) is 0.900. The lowest BCUT2D eigenvalue weighted by Crippen LogP contribution is -2.32. The van der Waals surface area contributed by atoms with Crippen LogP contribution in [0.2, 0.25) is 0 Å². The third-order valence-electron chi connectivity index (χ3n) is 2.08. The number of hydrogen-bond acceptors (Lipinski definition) is 5. The number of ether oxygens (including phenoxy) is 3. The molecule has 0 aromatic carbocycles. The molecule has 0 atom stereocenters. The molecule has 0 amide bonds. The normalized spacial score (nSPS) is 10.7. The largest absolute Gasteiger partial charge is 0.469 e. The molecule has 15 heavy (non-hydrogen) atoms. The van der Waals surface area contributed by atoms with Gasteiger partial charge >= 0.3 is 5.97 Å². The highest BCUT2D eigenvalue weighted by molar-refractivity contribution is 5.69. The fourth-order valence-corrected chi connectivity index (χ4v) is 1.13. The zero-order chi connectivity index (χ0) is 11.5. The summed E-state index contributed by atoms with van der Waals surface area (Å²) in [5.41, 5.74) is 0. The molecule has 0 rings (SSSR count). The van der Waals surface area contributed by atoms with Crippen LogP contribution in [-0.4, -0.2) is 65.0 Å². The number of carbonyl (C=O) groups excluding carboxylic acids is 1. The van der Waals surface area contributed by atoms with Gasteiger partial charge in [0.25, 0.3) is 0 Å². The summed E-state index contributed by atoms with van der Waals surface area (Å²) in [6.45, 7) is 3.60. The molecular formula is C10H21NO4. The highest BCUT2D eigenvalue weighted by atomic mass is 16.5. The first-order chi connectivity index (χ1) is 7.24. The van der Waals surface area contributed by atoms with Crippen molar-refractivity contribution in [3.63, 3.8) is 0 Å². The van der Waals surface area contributed by atoms with Crippen LogP contribution in [0.5, 0.6) is 0 Å². The Bertz CT molecular complexity index is 156. The highest BCUT2D eigenvalue weighted by Crippen LogP contribution is 1.94. The van der Waals surface area contributed by atoms with Crippen molar-refractivity contribution in [3.05, 3.63) is 0 Å². The highest BCUT2D eigenvalue weighted by Gasteiger charge is 2.07. The number of carbonyl (C=O) groups is 1. The Morgan fingerprint density at radius 3 is 1.93 bits per heavy atom. The van der Waals surface area contributed by atoms with E-state index < -0.39 is 0 Å². The van der Waals surface area contributed by atoms with Crippen molar-refractivity contribution in [1.82, 2.24) is 4.90 Å². The predicted molar refractivity (Wildman–Crippen MR) is 56.8 cm³/mol. The van der Waals surface area contributed by atoms with Crippen LogP contribution in [0.25, 0.3) is 0 Å². The van der Waals surface area contributed by atoms with Crippen molar-refractivity contribution in [1.29, 1.82) is 0 Å². The van der Waals surface area contributed by atoms with Crippen LogP contribution in [0, 0.1) is 0 Å². The van der Waals surface area contributed by atoms with Gasteiger partial charge < -0.3 is 14.2 Å². The smallest absolute Gasteiger partial charge is 0.306 e. The number of esters is 1. The Hall–Kier alpha value is -0.650. The Labute approximate surface area is 91.3 Å². The van der Waals surface area contributed by atoms with Crippen LogP contribution in [0.15, 0.2) is 0 Å². The van der Waals surface area contributed by atoms with E-state index in [4.69, 9.17) is 9.47 Å². The van der Waals surface area contributed by atoms with Gasteiger partial charge in [0.1, 0.15) is 0 Å². The lowest BCUT2D eigenvalue weighted by molar-refractivity contribution is -0.141. The third-order valence-corrected chi connectivity index (χ3v) is 2.08. The first kappa shape index (κ1) is 14.3. The van der Waals surface area contributed by atoms with Crippen LogP contribution >= 0.6 is 0 Å². The molecule has 0 unspecified atom stereocenters. The SMILES string of the molecule is COCCN(CCOC)CCC(=O)OC. The van der Waals surface area contributed by atoms with Crippen molar-refractivity contribution in [2.24, 2.45) is 0 Å². The molecule has 0 aliphatic carbocycles. The van der Waals surface area contributed by atoms with Crippen molar-refractivity contribution in [2.45, 2.75) is 6.42 Å². The minimum absolute atomic E-state index is 0.185. The summed E-state index contributed by atoms with van der Waals surface area (Å²) in [5.74, 6) is -0.185. The molecule has 0 bridgehead atoms. The van der Waals surface area contributed by atoms with E-state index in [1.165, 1.54) is 7.11 Å². The molecule has 0 spiro atoms. The minimum atomic E-state index is -0.185. The maximum absolute atomic E-state index is 11.0. The zero-order valence-corrected chi connectivity index (χ0v) is 9.82.